The molecule has 0 aromatic heterocycles. The third-order valence-electron chi connectivity index (χ3n) is 3.19. The Morgan fingerprint density at radius 1 is 1.00 bits per heavy atom. The van der Waals surface area contributed by atoms with Crippen molar-refractivity contribution in [3.8, 4) is 0 Å². The predicted octanol–water partition coefficient (Wildman–Crippen LogP) is 3.83. The third-order valence-corrected chi connectivity index (χ3v) is 3.19. The van der Waals surface area contributed by atoms with E-state index in [4.69, 9.17) is 5.73 Å². The van der Waals surface area contributed by atoms with Crippen molar-refractivity contribution in [2.75, 3.05) is 5.32 Å². The third kappa shape index (κ3) is 3.38. The van der Waals surface area contributed by atoms with Crippen LogP contribution in [0.5, 0.6) is 0 Å². The van der Waals surface area contributed by atoms with Gasteiger partial charge < -0.3 is 11.1 Å². The van der Waals surface area contributed by atoms with Crippen LogP contribution in [0.15, 0.2) is 48.5 Å². The molecule has 0 aliphatic carbocycles. The molecule has 3 heteroatoms. The molecule has 0 bridgehead atoms. The zero-order valence-corrected chi connectivity index (χ0v) is 12.1. The minimum absolute atomic E-state index is 0.143. The second-order valence-corrected chi connectivity index (χ2v) is 5.90. The van der Waals surface area contributed by atoms with Gasteiger partial charge in [-0.3, -0.25) is 4.79 Å². The molecule has 0 fully saturated rings. The first kappa shape index (κ1) is 14.1. The van der Waals surface area contributed by atoms with Crippen molar-refractivity contribution in [3.05, 3.63) is 59.7 Å². The maximum atomic E-state index is 11.2. The van der Waals surface area contributed by atoms with Crippen LogP contribution in [0.3, 0.4) is 0 Å². The van der Waals surface area contributed by atoms with Gasteiger partial charge in [0.2, 0.25) is 5.91 Å². The molecule has 0 saturated carbocycles. The zero-order chi connectivity index (χ0) is 14.8. The number of amides is 1. The number of rotatable bonds is 3. The van der Waals surface area contributed by atoms with E-state index < -0.39 is 5.91 Å². The number of primary amides is 1. The number of carbonyl (C=O) groups excluding carboxylic acids is 1. The number of benzene rings is 2. The number of hydrogen-bond donors (Lipinski definition) is 2. The summed E-state index contributed by atoms with van der Waals surface area (Å²) in [5, 5.41) is 3.27. The summed E-state index contributed by atoms with van der Waals surface area (Å²) in [6.07, 6.45) is 0. The summed E-state index contributed by atoms with van der Waals surface area (Å²) in [6.45, 7) is 6.56. The summed E-state index contributed by atoms with van der Waals surface area (Å²) in [5.74, 6) is -0.420. The summed E-state index contributed by atoms with van der Waals surface area (Å²) in [5.41, 5.74) is 9.05. The van der Waals surface area contributed by atoms with Crippen molar-refractivity contribution in [2.24, 2.45) is 5.73 Å². The van der Waals surface area contributed by atoms with E-state index in [2.05, 4.69) is 38.2 Å². The van der Waals surface area contributed by atoms with Gasteiger partial charge in [0.15, 0.2) is 0 Å². The number of carbonyl (C=O) groups is 1. The Bertz CT molecular complexity index is 610. The molecule has 0 radical (unpaired) electrons. The highest BCUT2D eigenvalue weighted by molar-refractivity contribution is 5.93. The summed E-state index contributed by atoms with van der Waals surface area (Å²) in [7, 11) is 0. The van der Waals surface area contributed by atoms with Crippen molar-refractivity contribution in [2.45, 2.75) is 26.2 Å². The first-order valence-electron chi connectivity index (χ1n) is 6.64. The number of anilines is 2. The maximum absolute atomic E-state index is 11.2. The fraction of sp³-hybridized carbons (Fsp3) is 0.235. The van der Waals surface area contributed by atoms with Gasteiger partial charge in [-0.2, -0.15) is 0 Å². The molecule has 0 unspecified atom stereocenters. The van der Waals surface area contributed by atoms with Gasteiger partial charge in [0, 0.05) is 16.9 Å². The minimum atomic E-state index is -0.420. The van der Waals surface area contributed by atoms with Crippen LogP contribution < -0.4 is 11.1 Å². The lowest BCUT2D eigenvalue weighted by Gasteiger charge is -2.19. The lowest BCUT2D eigenvalue weighted by molar-refractivity contribution is 0.100. The van der Waals surface area contributed by atoms with Crippen molar-refractivity contribution >= 4 is 17.3 Å². The van der Waals surface area contributed by atoms with E-state index in [-0.39, 0.29) is 5.41 Å². The molecule has 2 aromatic carbocycles. The molecule has 2 aromatic rings. The molecule has 3 nitrogen and oxygen atoms in total. The predicted molar refractivity (Wildman–Crippen MR) is 83.4 cm³/mol. The highest BCUT2D eigenvalue weighted by Crippen LogP contribution is 2.25. The normalized spacial score (nSPS) is 11.2. The average molecular weight is 268 g/mol. The number of nitrogens with two attached hydrogens (primary N) is 1. The first-order valence-corrected chi connectivity index (χ1v) is 6.64. The molecule has 0 aliphatic heterocycles. The van der Waals surface area contributed by atoms with Gasteiger partial charge in [0.25, 0.3) is 0 Å². The fourth-order valence-electron chi connectivity index (χ4n) is 1.97. The van der Waals surface area contributed by atoms with E-state index in [1.54, 1.807) is 12.1 Å². The molecule has 0 aliphatic rings. The number of hydrogen-bond acceptors (Lipinski definition) is 2. The Morgan fingerprint density at radius 3 is 2.20 bits per heavy atom. The molecule has 0 heterocycles. The van der Waals surface area contributed by atoms with Gasteiger partial charge in [-0.15, -0.1) is 0 Å². The van der Waals surface area contributed by atoms with Crippen LogP contribution in [0, 0.1) is 0 Å². The Kier molecular flexibility index (Phi) is 3.79. The molecular weight excluding hydrogens is 248 g/mol. The summed E-state index contributed by atoms with van der Waals surface area (Å²) in [4.78, 5) is 11.2. The quantitative estimate of drug-likeness (QED) is 0.889. The van der Waals surface area contributed by atoms with E-state index in [1.807, 2.05) is 24.3 Å². The van der Waals surface area contributed by atoms with Crippen molar-refractivity contribution in [3.63, 3.8) is 0 Å². The van der Waals surface area contributed by atoms with Crippen LogP contribution >= 0.6 is 0 Å². The molecule has 0 atom stereocenters. The highest BCUT2D eigenvalue weighted by atomic mass is 16.1. The highest BCUT2D eigenvalue weighted by Gasteiger charge is 2.12. The largest absolute Gasteiger partial charge is 0.366 e. The van der Waals surface area contributed by atoms with E-state index >= 15 is 0 Å². The van der Waals surface area contributed by atoms with Gasteiger partial charge in [-0.25, -0.2) is 0 Å². The molecule has 0 spiro atoms. The minimum Gasteiger partial charge on any atom is -0.366 e. The van der Waals surface area contributed by atoms with Gasteiger partial charge in [-0.05, 0) is 41.3 Å². The van der Waals surface area contributed by atoms with Crippen LogP contribution in [-0.2, 0) is 5.41 Å². The standard InChI is InChI=1S/C17H20N2O/c1-17(2,3)13-7-9-14(10-8-13)19-15-6-4-5-12(11-15)16(18)20/h4-11,19H,1-3H3,(H2,18,20). The molecule has 1 amide bonds. The van der Waals surface area contributed by atoms with E-state index in [1.165, 1.54) is 5.56 Å². The molecule has 3 N–H and O–H groups in total. The smallest absolute Gasteiger partial charge is 0.248 e. The Hall–Kier alpha value is -2.29. The second-order valence-electron chi connectivity index (χ2n) is 5.90. The summed E-state index contributed by atoms with van der Waals surface area (Å²) in [6, 6.07) is 15.5. The van der Waals surface area contributed by atoms with Gasteiger partial charge in [0.05, 0.1) is 0 Å². The van der Waals surface area contributed by atoms with Crippen molar-refractivity contribution in [1.82, 2.24) is 0 Å². The van der Waals surface area contributed by atoms with Crippen molar-refractivity contribution in [1.29, 1.82) is 0 Å². The van der Waals surface area contributed by atoms with Gasteiger partial charge >= 0.3 is 0 Å². The Morgan fingerprint density at radius 2 is 1.65 bits per heavy atom. The maximum Gasteiger partial charge on any atom is 0.248 e. The van der Waals surface area contributed by atoms with E-state index in [9.17, 15) is 4.79 Å². The van der Waals surface area contributed by atoms with Gasteiger partial charge in [-0.1, -0.05) is 39.0 Å². The fourth-order valence-corrected chi connectivity index (χ4v) is 1.97. The van der Waals surface area contributed by atoms with E-state index in [0.29, 0.717) is 5.56 Å². The van der Waals surface area contributed by atoms with E-state index in [0.717, 1.165) is 11.4 Å². The lowest BCUT2D eigenvalue weighted by Crippen LogP contribution is -2.11. The molecule has 20 heavy (non-hydrogen) atoms. The molecular formula is C17H20N2O. The topological polar surface area (TPSA) is 55.1 Å². The molecule has 104 valence electrons. The molecule has 0 saturated heterocycles. The van der Waals surface area contributed by atoms with Gasteiger partial charge in [0.1, 0.15) is 0 Å². The summed E-state index contributed by atoms with van der Waals surface area (Å²) < 4.78 is 0. The van der Waals surface area contributed by atoms with Crippen molar-refractivity contribution < 1.29 is 4.79 Å². The Labute approximate surface area is 119 Å². The average Bonchev–Trinajstić information content (AvgIpc) is 2.38. The van der Waals surface area contributed by atoms with Crippen LogP contribution in [0.2, 0.25) is 0 Å². The number of nitrogens with one attached hydrogen (secondary N) is 1. The monoisotopic (exact) mass is 268 g/mol. The zero-order valence-electron chi connectivity index (χ0n) is 12.1. The van der Waals surface area contributed by atoms with Crippen LogP contribution in [0.1, 0.15) is 36.7 Å². The Balaban J connectivity index is 2.18. The molecule has 2 rings (SSSR count). The summed E-state index contributed by atoms with van der Waals surface area (Å²) >= 11 is 0. The lowest BCUT2D eigenvalue weighted by atomic mass is 9.87. The SMILES string of the molecule is CC(C)(C)c1ccc(Nc2cccc(C(N)=O)c2)cc1. The first-order chi connectivity index (χ1) is 9.36. The van der Waals surface area contributed by atoms with Crippen LogP contribution in [-0.4, -0.2) is 5.91 Å². The van der Waals surface area contributed by atoms with Crippen LogP contribution in [0.25, 0.3) is 0 Å². The van der Waals surface area contributed by atoms with Crippen LogP contribution in [0.4, 0.5) is 11.4 Å². The second kappa shape index (κ2) is 5.37.